The number of aromatic amines is 1. The summed E-state index contributed by atoms with van der Waals surface area (Å²) in [5, 5.41) is 16.2. The lowest BCUT2D eigenvalue weighted by atomic mass is 10.2. The number of amidine groups is 1. The van der Waals surface area contributed by atoms with Gasteiger partial charge in [0.25, 0.3) is 0 Å². The predicted octanol–water partition coefficient (Wildman–Crippen LogP) is 7.27. The predicted molar refractivity (Wildman–Crippen MR) is 249 cm³/mol. The molecule has 0 spiro atoms. The molecular weight excluding hydrogens is 923 g/mol. The number of halogens is 2. The van der Waals surface area contributed by atoms with Crippen LogP contribution >= 0.6 is 23.2 Å². The molecule has 0 saturated carbocycles. The topological polar surface area (TPSA) is 231 Å². The van der Waals surface area contributed by atoms with Crippen LogP contribution in [0.25, 0.3) is 34.3 Å². The van der Waals surface area contributed by atoms with Gasteiger partial charge in [-0.1, -0.05) is 33.5 Å². The number of nitrogens with zero attached hydrogens (tertiary/aromatic N) is 6. The van der Waals surface area contributed by atoms with Crippen LogP contribution in [0.3, 0.4) is 0 Å². The molecular formula is C47H48Cl2N8O11. The Morgan fingerprint density at radius 1 is 0.706 bits per heavy atom. The molecule has 2 saturated heterocycles. The van der Waals surface area contributed by atoms with Crippen molar-refractivity contribution in [2.24, 2.45) is 10.9 Å². The number of nitrogens with two attached hydrogens (primary N) is 1. The lowest BCUT2D eigenvalue weighted by Gasteiger charge is -2.25. The summed E-state index contributed by atoms with van der Waals surface area (Å²) in [6, 6.07) is 25.1. The molecule has 2 aliphatic rings. The van der Waals surface area contributed by atoms with Crippen molar-refractivity contribution in [1.29, 1.82) is 0 Å². The summed E-state index contributed by atoms with van der Waals surface area (Å²) in [6.07, 6.45) is 0. The molecule has 68 heavy (non-hydrogen) atoms. The highest BCUT2D eigenvalue weighted by Crippen LogP contribution is 2.32. The van der Waals surface area contributed by atoms with Crippen molar-refractivity contribution in [2.45, 2.75) is 26.3 Å². The molecule has 4 N–H and O–H groups in total. The van der Waals surface area contributed by atoms with Crippen LogP contribution in [-0.4, -0.2) is 108 Å². The quantitative estimate of drug-likeness (QED) is 0.0374. The molecule has 2 fully saturated rings. The van der Waals surface area contributed by atoms with Gasteiger partial charge in [-0.25, -0.2) is 14.8 Å². The van der Waals surface area contributed by atoms with Gasteiger partial charge in [-0.05, 0) is 84.9 Å². The van der Waals surface area contributed by atoms with Crippen molar-refractivity contribution in [3.8, 4) is 57.3 Å². The van der Waals surface area contributed by atoms with E-state index in [-0.39, 0.29) is 24.9 Å². The summed E-state index contributed by atoms with van der Waals surface area (Å²) in [5.41, 5.74) is 9.87. The maximum atomic E-state index is 11.2. The molecule has 0 aliphatic carbocycles. The molecule has 4 aromatic carbocycles. The molecule has 19 nitrogen and oxygen atoms in total. The van der Waals surface area contributed by atoms with E-state index in [1.165, 1.54) is 0 Å². The number of hydrogen-bond acceptors (Lipinski definition) is 17. The van der Waals surface area contributed by atoms with E-state index in [9.17, 15) is 4.79 Å². The zero-order chi connectivity index (χ0) is 47.4. The zero-order valence-electron chi connectivity index (χ0n) is 37.1. The molecule has 0 atom stereocenters. The summed E-state index contributed by atoms with van der Waals surface area (Å²) < 4.78 is 50.1. The van der Waals surface area contributed by atoms with E-state index < -0.39 is 5.76 Å². The highest BCUT2D eigenvalue weighted by Gasteiger charge is 2.22. The van der Waals surface area contributed by atoms with Gasteiger partial charge >= 0.3 is 5.76 Å². The average Bonchev–Trinajstić information content (AvgIpc) is 4.11. The lowest BCUT2D eigenvalue weighted by molar-refractivity contribution is 0.0332. The van der Waals surface area contributed by atoms with E-state index in [4.69, 9.17) is 81.4 Å². The average molecular weight is 972 g/mol. The van der Waals surface area contributed by atoms with Gasteiger partial charge < -0.3 is 48.2 Å². The number of benzene rings is 4. The Kier molecular flexibility index (Phi) is 15.9. The van der Waals surface area contributed by atoms with Crippen molar-refractivity contribution in [1.82, 2.24) is 29.9 Å². The third-order valence-corrected chi connectivity index (χ3v) is 11.5. The van der Waals surface area contributed by atoms with Crippen LogP contribution in [0.5, 0.6) is 23.0 Å². The Bertz CT molecular complexity index is 2830. The highest BCUT2D eigenvalue weighted by atomic mass is 35.5. The van der Waals surface area contributed by atoms with E-state index >= 15 is 0 Å². The summed E-state index contributed by atoms with van der Waals surface area (Å²) in [7, 11) is 3.25. The maximum absolute atomic E-state index is 11.2. The van der Waals surface area contributed by atoms with Gasteiger partial charge in [-0.15, -0.1) is 0 Å². The summed E-state index contributed by atoms with van der Waals surface area (Å²) in [5.74, 6) is 4.38. The number of H-pyrrole nitrogens is 1. The van der Waals surface area contributed by atoms with Gasteiger partial charge in [0, 0.05) is 61.5 Å². The van der Waals surface area contributed by atoms with E-state index in [2.05, 4.69) is 29.6 Å². The normalized spacial score (nSPS) is 14.6. The highest BCUT2D eigenvalue weighted by molar-refractivity contribution is 6.34. The molecule has 7 aromatic rings. The Hall–Kier alpha value is -6.87. The van der Waals surface area contributed by atoms with Crippen molar-refractivity contribution in [2.75, 3.05) is 66.8 Å². The molecule has 356 valence electrons. The van der Waals surface area contributed by atoms with Gasteiger partial charge in [0.05, 0.1) is 50.7 Å². The monoisotopic (exact) mass is 970 g/mol. The number of aromatic nitrogens is 4. The Labute approximate surface area is 399 Å². The van der Waals surface area contributed by atoms with E-state index in [1.54, 1.807) is 50.6 Å². The van der Waals surface area contributed by atoms with Gasteiger partial charge in [-0.2, -0.15) is 0 Å². The molecule has 0 unspecified atom stereocenters. The van der Waals surface area contributed by atoms with Gasteiger partial charge in [0.1, 0.15) is 47.6 Å². The number of oxime groups is 1. The first-order chi connectivity index (χ1) is 33.2. The van der Waals surface area contributed by atoms with Crippen LogP contribution in [0.1, 0.15) is 28.5 Å². The van der Waals surface area contributed by atoms with E-state index in [0.29, 0.717) is 95.5 Å². The largest absolute Gasteiger partial charge is 0.497 e. The summed E-state index contributed by atoms with van der Waals surface area (Å²) >= 11 is 12.6. The van der Waals surface area contributed by atoms with Gasteiger partial charge in [0.2, 0.25) is 11.8 Å². The first-order valence-corrected chi connectivity index (χ1v) is 22.2. The number of oxazole rings is 2. The van der Waals surface area contributed by atoms with Crippen molar-refractivity contribution in [3.63, 3.8) is 0 Å². The Morgan fingerprint density at radius 3 is 1.60 bits per heavy atom. The maximum Gasteiger partial charge on any atom is 0.439 e. The van der Waals surface area contributed by atoms with Crippen LogP contribution in [0.4, 0.5) is 0 Å². The molecule has 9 rings (SSSR count). The fourth-order valence-corrected chi connectivity index (χ4v) is 7.69. The first-order valence-electron chi connectivity index (χ1n) is 21.4. The van der Waals surface area contributed by atoms with E-state index in [0.717, 1.165) is 60.2 Å². The number of ether oxygens (including phenoxy) is 6. The minimum atomic E-state index is -0.651. The smallest absolute Gasteiger partial charge is 0.439 e. The fourth-order valence-electron chi connectivity index (χ4n) is 7.16. The second-order valence-corrected chi connectivity index (χ2v) is 16.1. The van der Waals surface area contributed by atoms with Crippen molar-refractivity contribution in [3.05, 3.63) is 134 Å². The number of methoxy groups -OCH3 is 2. The molecule has 5 heterocycles. The third kappa shape index (κ3) is 12.2. The van der Waals surface area contributed by atoms with Crippen molar-refractivity contribution < 1.29 is 47.0 Å². The molecule has 0 bridgehead atoms. The number of hydrogen-bond donors (Lipinski definition) is 3. The molecule has 21 heteroatoms. The van der Waals surface area contributed by atoms with Crippen LogP contribution in [0, 0.1) is 0 Å². The minimum absolute atomic E-state index is 0.0706. The standard InChI is InChI=1S/C24H23ClN4O6.C23H25ClN4O5/c1-31-16-4-2-15(3-5-16)23-26-20(13-29-8-10-32-11-9-29)21(34-23)14-33-17-6-7-18(19(25)12-17)22-27-24(30)35-28-22;1-30-16-4-2-15(3-5-16)23-26-20(13-28-8-10-31-11-9-28)21(33-23)14-32-17-6-7-18(19(24)12-17)22(25)27-29/h2-7,12H,8-11,13-14H2,1H3,(H,27,28,30);2-7,12,29H,8-11,13-14H2,1H3,(H2,25,27). The zero-order valence-corrected chi connectivity index (χ0v) is 38.6. The second-order valence-electron chi connectivity index (χ2n) is 15.3. The number of morpholine rings is 2. The lowest BCUT2D eigenvalue weighted by Crippen LogP contribution is -2.36. The summed E-state index contributed by atoms with van der Waals surface area (Å²) in [6.45, 7) is 7.67. The molecule has 0 radical (unpaired) electrons. The first kappa shape index (κ1) is 47.6. The molecule has 3 aromatic heterocycles. The molecule has 2 aliphatic heterocycles. The van der Waals surface area contributed by atoms with E-state index in [1.807, 2.05) is 48.5 Å². The molecule has 0 amide bonds. The van der Waals surface area contributed by atoms with Crippen LogP contribution < -0.4 is 30.4 Å². The van der Waals surface area contributed by atoms with Gasteiger partial charge in [0.15, 0.2) is 23.2 Å². The van der Waals surface area contributed by atoms with Crippen LogP contribution in [0.15, 0.2) is 108 Å². The SMILES string of the molecule is COc1ccc(-c2nc(CN3CCOCC3)c(COc3ccc(-c4noc(=O)[nH]4)c(Cl)c3)o2)cc1.COc1ccc(-c2nc(CN3CCOCC3)c(COc3ccc(C(N)=NO)c(Cl)c3)o2)cc1. The third-order valence-electron chi connectivity index (χ3n) is 10.9. The minimum Gasteiger partial charge on any atom is -0.497 e. The summed E-state index contributed by atoms with van der Waals surface area (Å²) in [4.78, 5) is 27.8. The van der Waals surface area contributed by atoms with Crippen LogP contribution in [0.2, 0.25) is 10.0 Å². The second kappa shape index (κ2) is 22.8. The Balaban J connectivity index is 0.000000184. The Morgan fingerprint density at radius 2 is 1.18 bits per heavy atom. The number of rotatable bonds is 16. The van der Waals surface area contributed by atoms with Crippen LogP contribution in [-0.2, 0) is 35.8 Å². The van der Waals surface area contributed by atoms with Crippen molar-refractivity contribution >= 4 is 29.0 Å². The fraction of sp³-hybridized carbons (Fsp3) is 0.298. The number of nitrogens with one attached hydrogen (secondary N) is 1. The van der Waals surface area contributed by atoms with Gasteiger partial charge in [-0.3, -0.25) is 19.3 Å².